The van der Waals surface area contributed by atoms with Crippen LogP contribution in [0, 0.1) is 6.92 Å². The number of benzene rings is 2. The van der Waals surface area contributed by atoms with E-state index in [0.717, 1.165) is 4.47 Å². The van der Waals surface area contributed by atoms with Crippen molar-refractivity contribution in [2.45, 2.75) is 6.92 Å². The van der Waals surface area contributed by atoms with Crippen LogP contribution in [-0.2, 0) is 0 Å². The summed E-state index contributed by atoms with van der Waals surface area (Å²) in [4.78, 5) is 17.3. The first-order valence-electron chi connectivity index (χ1n) is 7.73. The fourth-order valence-corrected chi connectivity index (χ4v) is 3.81. The van der Waals surface area contributed by atoms with E-state index >= 15 is 0 Å². The molecule has 0 atom stereocenters. The Kier molecular flexibility index (Phi) is 5.52. The molecule has 1 N–H and O–H groups in total. The molecule has 0 aliphatic heterocycles. The predicted molar refractivity (Wildman–Crippen MR) is 110 cm³/mol. The van der Waals surface area contributed by atoms with Gasteiger partial charge in [-0.15, -0.1) is 0 Å². The Labute approximate surface area is 171 Å². The van der Waals surface area contributed by atoms with Crippen LogP contribution >= 0.6 is 31.9 Å². The minimum atomic E-state index is -0.358. The van der Waals surface area contributed by atoms with Crippen LogP contribution in [0.15, 0.2) is 43.1 Å². The van der Waals surface area contributed by atoms with Gasteiger partial charge in [0.15, 0.2) is 11.5 Å². The van der Waals surface area contributed by atoms with Gasteiger partial charge < -0.3 is 14.6 Å². The standard InChI is InChI=1S/C18H15Br2N3O4/c1-9-22-14-7-16(27-3)15(26-2)6-12(14)18(25)23(9)21-8-10-4-11(19)5-13(20)17(10)24/h4-8,24H,1-3H3. The average Bonchev–Trinajstić information content (AvgIpc) is 2.64. The molecule has 0 fully saturated rings. The number of phenolic OH excluding ortho intramolecular Hbond substituents is 1. The highest BCUT2D eigenvalue weighted by atomic mass is 79.9. The Morgan fingerprint density at radius 3 is 2.48 bits per heavy atom. The number of aromatic nitrogens is 2. The van der Waals surface area contributed by atoms with Crippen molar-refractivity contribution in [3.63, 3.8) is 0 Å². The zero-order chi connectivity index (χ0) is 19.7. The third kappa shape index (κ3) is 3.70. The summed E-state index contributed by atoms with van der Waals surface area (Å²) in [5.41, 5.74) is 0.563. The average molecular weight is 497 g/mol. The third-order valence-electron chi connectivity index (χ3n) is 3.88. The Morgan fingerprint density at radius 1 is 1.15 bits per heavy atom. The van der Waals surface area contributed by atoms with Gasteiger partial charge >= 0.3 is 0 Å². The summed E-state index contributed by atoms with van der Waals surface area (Å²) in [6, 6.07) is 6.61. The number of halogens is 2. The van der Waals surface area contributed by atoms with E-state index in [9.17, 15) is 9.90 Å². The molecule has 0 radical (unpaired) electrons. The molecule has 1 aromatic heterocycles. The largest absolute Gasteiger partial charge is 0.506 e. The lowest BCUT2D eigenvalue weighted by Crippen LogP contribution is -2.20. The van der Waals surface area contributed by atoms with Crippen molar-refractivity contribution in [2.75, 3.05) is 14.2 Å². The van der Waals surface area contributed by atoms with E-state index in [-0.39, 0.29) is 11.3 Å². The highest BCUT2D eigenvalue weighted by Gasteiger charge is 2.13. The maximum absolute atomic E-state index is 12.9. The number of fused-ring (bicyclic) bond motifs is 1. The van der Waals surface area contributed by atoms with E-state index in [0.29, 0.717) is 38.3 Å². The zero-order valence-electron chi connectivity index (χ0n) is 14.7. The van der Waals surface area contributed by atoms with Crippen molar-refractivity contribution in [2.24, 2.45) is 5.10 Å². The van der Waals surface area contributed by atoms with Crippen LogP contribution in [0.4, 0.5) is 0 Å². The lowest BCUT2D eigenvalue weighted by atomic mass is 10.2. The Hall–Kier alpha value is -2.39. The number of hydrogen-bond acceptors (Lipinski definition) is 6. The molecule has 0 spiro atoms. The summed E-state index contributed by atoms with van der Waals surface area (Å²) in [6.45, 7) is 1.67. The Bertz CT molecular complexity index is 1130. The van der Waals surface area contributed by atoms with Crippen LogP contribution in [0.3, 0.4) is 0 Å². The number of nitrogens with zero attached hydrogens (tertiary/aromatic N) is 3. The highest BCUT2D eigenvalue weighted by Crippen LogP contribution is 2.31. The summed E-state index contributed by atoms with van der Waals surface area (Å²) in [7, 11) is 3.01. The molecule has 2 aromatic carbocycles. The second-order valence-corrected chi connectivity index (χ2v) is 7.34. The van der Waals surface area contributed by atoms with E-state index in [1.807, 2.05) is 0 Å². The fourth-order valence-electron chi connectivity index (χ4n) is 2.56. The molecule has 140 valence electrons. The molecule has 9 heteroatoms. The lowest BCUT2D eigenvalue weighted by Gasteiger charge is -2.10. The molecule has 3 aromatic rings. The molecule has 0 bridgehead atoms. The van der Waals surface area contributed by atoms with Gasteiger partial charge in [0.05, 0.1) is 35.8 Å². The highest BCUT2D eigenvalue weighted by molar-refractivity contribution is 9.11. The van der Waals surface area contributed by atoms with Gasteiger partial charge in [0, 0.05) is 16.1 Å². The molecule has 0 saturated carbocycles. The molecule has 1 heterocycles. The van der Waals surface area contributed by atoms with Crippen LogP contribution < -0.4 is 15.0 Å². The molecule has 3 rings (SSSR count). The molecular weight excluding hydrogens is 482 g/mol. The molecule has 7 nitrogen and oxygen atoms in total. The SMILES string of the molecule is COc1cc2nc(C)n(N=Cc3cc(Br)cc(Br)c3O)c(=O)c2cc1OC. The minimum absolute atomic E-state index is 0.0211. The van der Waals surface area contributed by atoms with Crippen molar-refractivity contribution >= 4 is 49.0 Å². The summed E-state index contributed by atoms with van der Waals surface area (Å²) < 4.78 is 12.9. The molecular formula is C18H15Br2N3O4. The number of rotatable bonds is 4. The number of aromatic hydroxyl groups is 1. The normalized spacial score (nSPS) is 11.3. The maximum Gasteiger partial charge on any atom is 0.282 e. The monoisotopic (exact) mass is 495 g/mol. The maximum atomic E-state index is 12.9. The summed E-state index contributed by atoms with van der Waals surface area (Å²) in [5.74, 6) is 1.33. The third-order valence-corrected chi connectivity index (χ3v) is 4.95. The summed E-state index contributed by atoms with van der Waals surface area (Å²) in [5, 5.41) is 14.7. The predicted octanol–water partition coefficient (Wildman–Crippen LogP) is 3.83. The second kappa shape index (κ2) is 7.69. The van der Waals surface area contributed by atoms with Crippen molar-refractivity contribution in [3.8, 4) is 17.2 Å². The van der Waals surface area contributed by atoms with Crippen molar-refractivity contribution in [1.82, 2.24) is 9.66 Å². The fraction of sp³-hybridized carbons (Fsp3) is 0.167. The molecule has 0 aliphatic carbocycles. The van der Waals surface area contributed by atoms with Crippen molar-refractivity contribution in [3.05, 3.63) is 55.0 Å². The van der Waals surface area contributed by atoms with Crippen LogP contribution in [-0.4, -0.2) is 35.2 Å². The number of methoxy groups -OCH3 is 2. The molecule has 0 saturated heterocycles. The van der Waals surface area contributed by atoms with Crippen LogP contribution in [0.2, 0.25) is 0 Å². The van der Waals surface area contributed by atoms with Crippen LogP contribution in [0.1, 0.15) is 11.4 Å². The van der Waals surface area contributed by atoms with Gasteiger partial charge in [-0.25, -0.2) is 4.98 Å². The van der Waals surface area contributed by atoms with E-state index in [1.165, 1.54) is 25.1 Å². The first kappa shape index (κ1) is 19.4. The van der Waals surface area contributed by atoms with Crippen LogP contribution in [0.5, 0.6) is 17.2 Å². The van der Waals surface area contributed by atoms with E-state index in [2.05, 4.69) is 41.9 Å². The quantitative estimate of drug-likeness (QED) is 0.554. The lowest BCUT2D eigenvalue weighted by molar-refractivity contribution is 0.355. The van der Waals surface area contributed by atoms with Gasteiger partial charge in [-0.3, -0.25) is 4.79 Å². The number of hydrogen-bond donors (Lipinski definition) is 1. The van der Waals surface area contributed by atoms with Gasteiger partial charge in [-0.1, -0.05) is 15.9 Å². The zero-order valence-corrected chi connectivity index (χ0v) is 17.8. The summed E-state index contributed by atoms with van der Waals surface area (Å²) >= 11 is 6.62. The topological polar surface area (TPSA) is 85.9 Å². The first-order valence-corrected chi connectivity index (χ1v) is 9.32. The van der Waals surface area contributed by atoms with Gasteiger partial charge in [0.2, 0.25) is 0 Å². The van der Waals surface area contributed by atoms with Crippen LogP contribution in [0.25, 0.3) is 10.9 Å². The number of ether oxygens (including phenoxy) is 2. The second-order valence-electron chi connectivity index (χ2n) is 5.57. The van der Waals surface area contributed by atoms with Gasteiger partial charge in [-0.2, -0.15) is 9.78 Å². The number of aryl methyl sites for hydroxylation is 1. The van der Waals surface area contributed by atoms with Crippen molar-refractivity contribution in [1.29, 1.82) is 0 Å². The number of phenols is 1. The van der Waals surface area contributed by atoms with Gasteiger partial charge in [0.1, 0.15) is 11.6 Å². The van der Waals surface area contributed by atoms with Gasteiger partial charge in [0.25, 0.3) is 5.56 Å². The Morgan fingerprint density at radius 2 is 1.81 bits per heavy atom. The Balaban J connectivity index is 2.17. The minimum Gasteiger partial charge on any atom is -0.506 e. The molecule has 0 aliphatic rings. The first-order chi connectivity index (χ1) is 12.8. The molecule has 0 unspecified atom stereocenters. The summed E-state index contributed by atoms with van der Waals surface area (Å²) in [6.07, 6.45) is 1.40. The van der Waals surface area contributed by atoms with E-state index in [4.69, 9.17) is 9.47 Å². The van der Waals surface area contributed by atoms with E-state index in [1.54, 1.807) is 31.2 Å². The van der Waals surface area contributed by atoms with E-state index < -0.39 is 0 Å². The molecule has 0 amide bonds. The van der Waals surface area contributed by atoms with Crippen molar-refractivity contribution < 1.29 is 14.6 Å². The van der Waals surface area contributed by atoms with Gasteiger partial charge in [-0.05, 0) is 41.1 Å². The smallest absolute Gasteiger partial charge is 0.282 e. The molecule has 27 heavy (non-hydrogen) atoms.